The lowest BCUT2D eigenvalue weighted by Gasteiger charge is -2.06. The molecule has 0 saturated heterocycles. The summed E-state index contributed by atoms with van der Waals surface area (Å²) in [4.78, 5) is 11.3. The first-order valence-electron chi connectivity index (χ1n) is 3.70. The number of pyridine rings is 1. The third-order valence-corrected chi connectivity index (χ3v) is 2.25. The quantitative estimate of drug-likeness (QED) is 0.803. The Labute approximate surface area is 90.0 Å². The fraction of sp³-hybridized carbons (Fsp3) is 0.222. The highest BCUT2D eigenvalue weighted by Crippen LogP contribution is 2.07. The van der Waals surface area contributed by atoms with E-state index in [-0.39, 0.29) is 5.43 Å². The van der Waals surface area contributed by atoms with Crippen molar-refractivity contribution in [1.29, 1.82) is 0 Å². The fourth-order valence-electron chi connectivity index (χ4n) is 1.03. The van der Waals surface area contributed by atoms with Crippen LogP contribution in [0.4, 0.5) is 0 Å². The minimum absolute atomic E-state index is 0.0106. The van der Waals surface area contributed by atoms with Gasteiger partial charge in [0.1, 0.15) is 0 Å². The smallest absolute Gasteiger partial charge is 0.198 e. The second-order valence-electron chi connectivity index (χ2n) is 2.81. The molecule has 1 aromatic heterocycles. The molecule has 0 aliphatic carbocycles. The lowest BCUT2D eigenvalue weighted by atomic mass is 10.3. The zero-order valence-corrected chi connectivity index (χ0v) is 9.52. The van der Waals surface area contributed by atoms with Crippen molar-refractivity contribution in [3.63, 3.8) is 0 Å². The highest BCUT2D eigenvalue weighted by Gasteiger charge is 2.01. The van der Waals surface area contributed by atoms with E-state index < -0.39 is 0 Å². The lowest BCUT2D eigenvalue weighted by molar-refractivity contribution is 0.791. The van der Waals surface area contributed by atoms with E-state index in [9.17, 15) is 4.79 Å². The van der Waals surface area contributed by atoms with Crippen LogP contribution < -0.4 is 5.43 Å². The minimum Gasteiger partial charge on any atom is -0.347 e. The van der Waals surface area contributed by atoms with E-state index in [1.165, 1.54) is 0 Å². The average Bonchev–Trinajstić information content (AvgIpc) is 1.98. The molecule has 0 aliphatic rings. The van der Waals surface area contributed by atoms with Crippen molar-refractivity contribution in [2.24, 2.45) is 0 Å². The molecule has 1 heterocycles. The van der Waals surface area contributed by atoms with Crippen molar-refractivity contribution in [3.05, 3.63) is 44.3 Å². The standard InChI is InChI=1S/C9H9BrClNO/c1-6-3-12(4-7(2)11)5-8(10)9(6)13/h3,5H,2,4H2,1H3. The number of halogens is 2. The molecule has 0 aliphatic heterocycles. The SMILES string of the molecule is C=C(Cl)Cn1cc(C)c(=O)c(Br)c1. The monoisotopic (exact) mass is 261 g/mol. The summed E-state index contributed by atoms with van der Waals surface area (Å²) in [7, 11) is 0. The van der Waals surface area contributed by atoms with Crippen LogP contribution in [0.5, 0.6) is 0 Å². The number of allylic oxidation sites excluding steroid dienone is 1. The Balaban J connectivity index is 3.13. The summed E-state index contributed by atoms with van der Waals surface area (Å²) in [6.45, 7) is 5.86. The normalized spacial score (nSPS) is 10.1. The van der Waals surface area contributed by atoms with Gasteiger partial charge in [0.2, 0.25) is 0 Å². The van der Waals surface area contributed by atoms with Crippen LogP contribution in [0.3, 0.4) is 0 Å². The molecule has 0 radical (unpaired) electrons. The summed E-state index contributed by atoms with van der Waals surface area (Å²) < 4.78 is 2.36. The van der Waals surface area contributed by atoms with E-state index in [0.717, 1.165) is 0 Å². The van der Waals surface area contributed by atoms with E-state index in [4.69, 9.17) is 11.6 Å². The van der Waals surface area contributed by atoms with Crippen LogP contribution in [-0.4, -0.2) is 4.57 Å². The van der Waals surface area contributed by atoms with Crippen molar-refractivity contribution in [2.75, 3.05) is 0 Å². The zero-order valence-electron chi connectivity index (χ0n) is 7.18. The Bertz CT molecular complexity index is 371. The first-order chi connectivity index (χ1) is 6.00. The van der Waals surface area contributed by atoms with E-state index in [1.807, 2.05) is 4.57 Å². The second-order valence-corrected chi connectivity index (χ2v) is 4.20. The molecule has 2 nitrogen and oxygen atoms in total. The van der Waals surface area contributed by atoms with Crippen LogP contribution in [0, 0.1) is 6.92 Å². The summed E-state index contributed by atoms with van der Waals surface area (Å²) in [6.07, 6.45) is 3.45. The summed E-state index contributed by atoms with van der Waals surface area (Å²) in [5, 5.41) is 0.537. The maximum atomic E-state index is 11.3. The predicted molar refractivity (Wildman–Crippen MR) is 58.1 cm³/mol. The van der Waals surface area contributed by atoms with Crippen molar-refractivity contribution < 1.29 is 0 Å². The van der Waals surface area contributed by atoms with Gasteiger partial charge in [-0.25, -0.2) is 0 Å². The van der Waals surface area contributed by atoms with Gasteiger partial charge in [-0.3, -0.25) is 4.79 Å². The van der Waals surface area contributed by atoms with E-state index in [0.29, 0.717) is 21.6 Å². The fourth-order valence-corrected chi connectivity index (χ4v) is 1.74. The van der Waals surface area contributed by atoms with Gasteiger partial charge in [0.15, 0.2) is 5.43 Å². The lowest BCUT2D eigenvalue weighted by Crippen LogP contribution is -2.11. The first-order valence-corrected chi connectivity index (χ1v) is 4.87. The maximum Gasteiger partial charge on any atom is 0.198 e. The zero-order chi connectivity index (χ0) is 10.0. The Morgan fingerprint density at radius 3 is 2.77 bits per heavy atom. The number of hydrogen-bond acceptors (Lipinski definition) is 1. The van der Waals surface area contributed by atoms with Gasteiger partial charge in [-0.05, 0) is 22.9 Å². The molecule has 0 N–H and O–H groups in total. The molecule has 13 heavy (non-hydrogen) atoms. The molecule has 1 aromatic rings. The molecule has 0 bridgehead atoms. The number of aromatic nitrogens is 1. The van der Waals surface area contributed by atoms with E-state index in [1.54, 1.807) is 19.3 Å². The predicted octanol–water partition coefficient (Wildman–Crippen LogP) is 2.67. The first kappa shape index (κ1) is 10.5. The van der Waals surface area contributed by atoms with Crippen LogP contribution in [0.25, 0.3) is 0 Å². The number of hydrogen-bond donors (Lipinski definition) is 0. The average molecular weight is 263 g/mol. The van der Waals surface area contributed by atoms with Gasteiger partial charge in [0, 0.05) is 23.0 Å². The Kier molecular flexibility index (Phi) is 3.33. The highest BCUT2D eigenvalue weighted by atomic mass is 79.9. The van der Waals surface area contributed by atoms with Crippen molar-refractivity contribution >= 4 is 27.5 Å². The second kappa shape index (κ2) is 4.11. The molecular formula is C9H9BrClNO. The Morgan fingerprint density at radius 1 is 1.69 bits per heavy atom. The molecule has 0 fully saturated rings. The maximum absolute atomic E-state index is 11.3. The molecule has 70 valence electrons. The summed E-state index contributed by atoms with van der Waals surface area (Å²) in [6, 6.07) is 0. The number of rotatable bonds is 2. The molecule has 4 heteroatoms. The molecule has 1 rings (SSSR count). The third-order valence-electron chi connectivity index (χ3n) is 1.57. The van der Waals surface area contributed by atoms with E-state index in [2.05, 4.69) is 22.5 Å². The van der Waals surface area contributed by atoms with Gasteiger partial charge in [-0.2, -0.15) is 0 Å². The van der Waals surface area contributed by atoms with Crippen LogP contribution in [-0.2, 0) is 6.54 Å². The summed E-state index contributed by atoms with van der Waals surface area (Å²) in [5.41, 5.74) is 0.698. The summed E-state index contributed by atoms with van der Waals surface area (Å²) in [5.74, 6) is 0. The molecule has 0 atom stereocenters. The molecule has 0 saturated carbocycles. The molecule has 0 aromatic carbocycles. The van der Waals surface area contributed by atoms with Crippen LogP contribution in [0.2, 0.25) is 0 Å². The number of nitrogens with zero attached hydrogens (tertiary/aromatic N) is 1. The molecule has 0 amide bonds. The Hall–Kier alpha value is -0.540. The van der Waals surface area contributed by atoms with Crippen LogP contribution in [0.15, 0.2) is 33.3 Å². The van der Waals surface area contributed by atoms with Crippen LogP contribution in [0.1, 0.15) is 5.56 Å². The molecule has 0 spiro atoms. The Morgan fingerprint density at radius 2 is 2.31 bits per heavy atom. The van der Waals surface area contributed by atoms with Gasteiger partial charge in [-0.15, -0.1) is 0 Å². The van der Waals surface area contributed by atoms with Crippen molar-refractivity contribution in [3.8, 4) is 0 Å². The van der Waals surface area contributed by atoms with E-state index >= 15 is 0 Å². The molecule has 0 unspecified atom stereocenters. The van der Waals surface area contributed by atoms with Gasteiger partial charge in [0.25, 0.3) is 0 Å². The minimum atomic E-state index is 0.0106. The number of aryl methyl sites for hydroxylation is 1. The largest absolute Gasteiger partial charge is 0.347 e. The van der Waals surface area contributed by atoms with Gasteiger partial charge in [0.05, 0.1) is 11.0 Å². The molecular weight excluding hydrogens is 253 g/mol. The highest BCUT2D eigenvalue weighted by molar-refractivity contribution is 9.10. The van der Waals surface area contributed by atoms with Crippen molar-refractivity contribution in [2.45, 2.75) is 13.5 Å². The van der Waals surface area contributed by atoms with Gasteiger partial charge >= 0.3 is 0 Å². The summed E-state index contributed by atoms with van der Waals surface area (Å²) >= 11 is 8.83. The van der Waals surface area contributed by atoms with Gasteiger partial charge < -0.3 is 4.57 Å². The van der Waals surface area contributed by atoms with Crippen molar-refractivity contribution in [1.82, 2.24) is 4.57 Å². The third kappa shape index (κ3) is 2.71. The van der Waals surface area contributed by atoms with Crippen LogP contribution >= 0.6 is 27.5 Å². The van der Waals surface area contributed by atoms with Gasteiger partial charge in [-0.1, -0.05) is 18.2 Å². The topological polar surface area (TPSA) is 22.0 Å².